The first-order valence-electron chi connectivity index (χ1n) is 4.71. The molecule has 2 aromatic rings. The van der Waals surface area contributed by atoms with Gasteiger partial charge in [-0.3, -0.25) is 0 Å². The topological polar surface area (TPSA) is 50.2 Å². The Balaban J connectivity index is 2.20. The third-order valence-electron chi connectivity index (χ3n) is 2.38. The molecule has 0 bridgehead atoms. The lowest BCUT2D eigenvalue weighted by atomic mass is 10.1. The van der Waals surface area contributed by atoms with Gasteiger partial charge in [0.05, 0.1) is 5.69 Å². The Kier molecular flexibility index (Phi) is 2.22. The standard InChI is InChI=1S/C11H7NO2S2/c13-11(14)10-12-9-6-3-1-2-4-7(6)15-5-8(9)16-10/h1-4H,5H2,(H,13,14). The van der Waals surface area contributed by atoms with Crippen molar-refractivity contribution in [2.24, 2.45) is 0 Å². The highest BCUT2D eigenvalue weighted by molar-refractivity contribution is 7.98. The normalized spacial score (nSPS) is 13.0. The van der Waals surface area contributed by atoms with Crippen molar-refractivity contribution >= 4 is 29.1 Å². The van der Waals surface area contributed by atoms with Crippen LogP contribution in [0.25, 0.3) is 11.3 Å². The van der Waals surface area contributed by atoms with Crippen LogP contribution in [0, 0.1) is 0 Å². The van der Waals surface area contributed by atoms with Crippen LogP contribution in [-0.4, -0.2) is 16.1 Å². The van der Waals surface area contributed by atoms with Gasteiger partial charge in [-0.2, -0.15) is 0 Å². The average molecular weight is 249 g/mol. The molecule has 0 amide bonds. The van der Waals surface area contributed by atoms with E-state index < -0.39 is 5.97 Å². The van der Waals surface area contributed by atoms with E-state index in [0.717, 1.165) is 21.9 Å². The van der Waals surface area contributed by atoms with E-state index in [9.17, 15) is 4.79 Å². The van der Waals surface area contributed by atoms with Gasteiger partial charge in [0.2, 0.25) is 5.01 Å². The first kappa shape index (κ1) is 9.86. The SMILES string of the molecule is O=C(O)c1nc2c(s1)CSc1ccccc1-2. The number of rotatable bonds is 1. The highest BCUT2D eigenvalue weighted by Crippen LogP contribution is 2.43. The van der Waals surface area contributed by atoms with Crippen molar-refractivity contribution in [1.29, 1.82) is 0 Å². The van der Waals surface area contributed by atoms with E-state index in [1.54, 1.807) is 11.8 Å². The molecule has 0 fully saturated rings. The highest BCUT2D eigenvalue weighted by atomic mass is 32.2. The van der Waals surface area contributed by atoms with E-state index in [-0.39, 0.29) is 5.01 Å². The number of hydrogen-bond acceptors (Lipinski definition) is 4. The summed E-state index contributed by atoms with van der Waals surface area (Å²) in [5.74, 6) is -0.126. The summed E-state index contributed by atoms with van der Waals surface area (Å²) in [4.78, 5) is 17.3. The van der Waals surface area contributed by atoms with E-state index in [4.69, 9.17) is 5.11 Å². The van der Waals surface area contributed by atoms with Crippen molar-refractivity contribution in [3.05, 3.63) is 34.2 Å². The number of aromatic nitrogens is 1. The third kappa shape index (κ3) is 1.44. The molecule has 1 aromatic heterocycles. The minimum atomic E-state index is -0.943. The van der Waals surface area contributed by atoms with Gasteiger partial charge in [0.15, 0.2) is 0 Å². The van der Waals surface area contributed by atoms with E-state index in [1.165, 1.54) is 16.2 Å². The zero-order chi connectivity index (χ0) is 11.1. The molecular formula is C11H7NO2S2. The number of hydrogen-bond donors (Lipinski definition) is 1. The Morgan fingerprint density at radius 3 is 3.00 bits per heavy atom. The summed E-state index contributed by atoms with van der Waals surface area (Å²) in [6.07, 6.45) is 0. The summed E-state index contributed by atoms with van der Waals surface area (Å²) >= 11 is 3.01. The Bertz CT molecular complexity index is 577. The number of carboxylic acids is 1. The fourth-order valence-electron chi connectivity index (χ4n) is 1.68. The number of thiazole rings is 1. The second kappa shape index (κ2) is 3.61. The van der Waals surface area contributed by atoms with Crippen LogP contribution in [0.1, 0.15) is 14.7 Å². The molecule has 16 heavy (non-hydrogen) atoms. The predicted molar refractivity (Wildman–Crippen MR) is 64.1 cm³/mol. The Morgan fingerprint density at radius 1 is 1.38 bits per heavy atom. The number of thioether (sulfide) groups is 1. The van der Waals surface area contributed by atoms with E-state index in [1.807, 2.05) is 24.3 Å². The monoisotopic (exact) mass is 249 g/mol. The number of benzene rings is 1. The van der Waals surface area contributed by atoms with Gasteiger partial charge >= 0.3 is 5.97 Å². The summed E-state index contributed by atoms with van der Waals surface area (Å²) in [6.45, 7) is 0. The van der Waals surface area contributed by atoms with Crippen molar-refractivity contribution in [2.45, 2.75) is 10.6 Å². The van der Waals surface area contributed by atoms with E-state index in [0.29, 0.717) is 0 Å². The molecule has 1 aromatic carbocycles. The van der Waals surface area contributed by atoms with Crippen molar-refractivity contribution < 1.29 is 9.90 Å². The lowest BCUT2D eigenvalue weighted by Crippen LogP contribution is -1.95. The van der Waals surface area contributed by atoms with Crippen LogP contribution in [0.3, 0.4) is 0 Å². The molecule has 0 saturated carbocycles. The molecule has 0 saturated heterocycles. The molecular weight excluding hydrogens is 242 g/mol. The maximum absolute atomic E-state index is 10.9. The summed E-state index contributed by atoms with van der Waals surface area (Å²) in [5, 5.41) is 9.11. The minimum Gasteiger partial charge on any atom is -0.476 e. The van der Waals surface area contributed by atoms with Gasteiger partial charge in [0.25, 0.3) is 0 Å². The summed E-state index contributed by atoms with van der Waals surface area (Å²) in [5.41, 5.74) is 1.90. The summed E-state index contributed by atoms with van der Waals surface area (Å²) in [7, 11) is 0. The fraction of sp³-hybridized carbons (Fsp3) is 0.0909. The second-order valence-electron chi connectivity index (χ2n) is 3.38. The molecule has 3 rings (SSSR count). The smallest absolute Gasteiger partial charge is 0.365 e. The zero-order valence-electron chi connectivity index (χ0n) is 8.14. The predicted octanol–water partition coefficient (Wildman–Crippen LogP) is 3.11. The number of fused-ring (bicyclic) bond motifs is 3. The largest absolute Gasteiger partial charge is 0.476 e. The van der Waals surface area contributed by atoms with Gasteiger partial charge in [0.1, 0.15) is 0 Å². The highest BCUT2D eigenvalue weighted by Gasteiger charge is 2.22. The molecule has 1 N–H and O–H groups in total. The Morgan fingerprint density at radius 2 is 2.19 bits per heavy atom. The second-order valence-corrected chi connectivity index (χ2v) is 5.48. The number of carbonyl (C=O) groups is 1. The van der Waals surface area contributed by atoms with Gasteiger partial charge in [0, 0.05) is 21.1 Å². The third-order valence-corrected chi connectivity index (χ3v) is 4.71. The number of nitrogens with zero attached hydrogens (tertiary/aromatic N) is 1. The van der Waals surface area contributed by atoms with Crippen LogP contribution in [0.15, 0.2) is 29.2 Å². The maximum Gasteiger partial charge on any atom is 0.365 e. The molecule has 0 atom stereocenters. The first-order valence-corrected chi connectivity index (χ1v) is 6.51. The molecule has 3 nitrogen and oxygen atoms in total. The molecule has 0 aliphatic carbocycles. The molecule has 5 heteroatoms. The van der Waals surface area contributed by atoms with Gasteiger partial charge in [-0.25, -0.2) is 9.78 Å². The first-order chi connectivity index (χ1) is 7.75. The van der Waals surface area contributed by atoms with Crippen molar-refractivity contribution in [1.82, 2.24) is 4.98 Å². The van der Waals surface area contributed by atoms with Gasteiger partial charge in [-0.15, -0.1) is 23.1 Å². The van der Waals surface area contributed by atoms with Crippen LogP contribution in [-0.2, 0) is 5.75 Å². The van der Waals surface area contributed by atoms with Gasteiger partial charge < -0.3 is 5.11 Å². The fourth-order valence-corrected chi connectivity index (χ4v) is 3.72. The molecule has 80 valence electrons. The van der Waals surface area contributed by atoms with E-state index in [2.05, 4.69) is 4.98 Å². The van der Waals surface area contributed by atoms with Gasteiger partial charge in [-0.1, -0.05) is 18.2 Å². The van der Waals surface area contributed by atoms with Crippen LogP contribution in [0.2, 0.25) is 0 Å². The lowest BCUT2D eigenvalue weighted by Gasteiger charge is -2.13. The van der Waals surface area contributed by atoms with Crippen LogP contribution >= 0.6 is 23.1 Å². The lowest BCUT2D eigenvalue weighted by molar-refractivity contribution is 0.0696. The van der Waals surface area contributed by atoms with Crippen LogP contribution in [0.5, 0.6) is 0 Å². The van der Waals surface area contributed by atoms with E-state index >= 15 is 0 Å². The van der Waals surface area contributed by atoms with Crippen molar-refractivity contribution in [2.75, 3.05) is 0 Å². The van der Waals surface area contributed by atoms with Crippen LogP contribution in [0.4, 0.5) is 0 Å². The summed E-state index contributed by atoms with van der Waals surface area (Å²) < 4.78 is 0. The quantitative estimate of drug-likeness (QED) is 0.843. The molecule has 1 aliphatic rings. The van der Waals surface area contributed by atoms with Crippen molar-refractivity contribution in [3.8, 4) is 11.3 Å². The molecule has 0 spiro atoms. The molecule has 2 heterocycles. The number of aromatic carboxylic acids is 1. The maximum atomic E-state index is 10.9. The molecule has 1 aliphatic heterocycles. The van der Waals surface area contributed by atoms with Crippen molar-refractivity contribution in [3.63, 3.8) is 0 Å². The minimum absolute atomic E-state index is 0.183. The average Bonchev–Trinajstić information content (AvgIpc) is 2.73. The Labute approximate surface area is 100 Å². The number of carboxylic acid groups (broad SMARTS) is 1. The summed E-state index contributed by atoms with van der Waals surface area (Å²) in [6, 6.07) is 7.98. The zero-order valence-corrected chi connectivity index (χ0v) is 9.77. The van der Waals surface area contributed by atoms with Crippen LogP contribution < -0.4 is 0 Å². The Hall–Kier alpha value is -1.33. The van der Waals surface area contributed by atoms with Gasteiger partial charge in [-0.05, 0) is 6.07 Å². The molecule has 0 unspecified atom stereocenters. The molecule has 0 radical (unpaired) electrons.